The fraction of sp³-hybridized carbons (Fsp3) is 0.160. The number of ether oxygens (including phenoxy) is 2. The third kappa shape index (κ3) is 4.42. The summed E-state index contributed by atoms with van der Waals surface area (Å²) in [5, 5.41) is 0.301. The molecule has 0 atom stereocenters. The second kappa shape index (κ2) is 8.44. The van der Waals surface area contributed by atoms with Crippen LogP contribution in [0.3, 0.4) is 0 Å². The lowest BCUT2D eigenvalue weighted by molar-refractivity contribution is 0.101. The molecule has 0 bridgehead atoms. The van der Waals surface area contributed by atoms with Crippen LogP contribution in [0.4, 0.5) is 10.1 Å². The van der Waals surface area contributed by atoms with Gasteiger partial charge in [-0.1, -0.05) is 29.8 Å². The maximum absolute atomic E-state index is 13.2. The number of carbonyl (C=O) groups excluding carboxylic acids is 1. The van der Waals surface area contributed by atoms with E-state index in [4.69, 9.17) is 21.1 Å². The molecule has 0 radical (unpaired) electrons. The zero-order valence-electron chi connectivity index (χ0n) is 17.4. The van der Waals surface area contributed by atoms with Crippen LogP contribution in [-0.2, 0) is 6.61 Å². The molecule has 0 fully saturated rings. The number of allylic oxidation sites excluding steroid dienone is 1. The molecule has 0 amide bonds. The zero-order valence-corrected chi connectivity index (χ0v) is 18.2. The van der Waals surface area contributed by atoms with Crippen LogP contribution >= 0.6 is 11.6 Å². The first kappa shape index (κ1) is 20.9. The van der Waals surface area contributed by atoms with Crippen molar-refractivity contribution in [1.82, 2.24) is 0 Å². The molecule has 0 spiro atoms. The Morgan fingerprint density at radius 2 is 1.84 bits per heavy atom. The molecule has 31 heavy (non-hydrogen) atoms. The molecule has 0 saturated heterocycles. The van der Waals surface area contributed by atoms with E-state index in [2.05, 4.69) is 0 Å². The van der Waals surface area contributed by atoms with Crippen LogP contribution in [0.5, 0.6) is 11.5 Å². The number of aryl methyl sites for hydroxylation is 1. The van der Waals surface area contributed by atoms with Crippen molar-refractivity contribution in [1.29, 1.82) is 0 Å². The van der Waals surface area contributed by atoms with E-state index in [1.807, 2.05) is 50.2 Å². The van der Waals surface area contributed by atoms with Gasteiger partial charge in [-0.2, -0.15) is 0 Å². The fourth-order valence-electron chi connectivity index (χ4n) is 3.38. The van der Waals surface area contributed by atoms with Crippen molar-refractivity contribution in [2.75, 3.05) is 19.0 Å². The van der Waals surface area contributed by atoms with Crippen LogP contribution in [0.2, 0.25) is 5.02 Å². The molecule has 3 aromatic rings. The van der Waals surface area contributed by atoms with Crippen molar-refractivity contribution in [2.45, 2.75) is 13.5 Å². The summed E-state index contributed by atoms with van der Waals surface area (Å²) < 4.78 is 24.9. The average molecular weight is 438 g/mol. The summed E-state index contributed by atoms with van der Waals surface area (Å²) in [4.78, 5) is 14.9. The molecule has 3 aromatic carbocycles. The quantitative estimate of drug-likeness (QED) is 0.455. The lowest BCUT2D eigenvalue weighted by Gasteiger charge is -2.11. The molecule has 1 aliphatic heterocycles. The summed E-state index contributed by atoms with van der Waals surface area (Å²) in [7, 11) is 3.94. The van der Waals surface area contributed by atoms with Gasteiger partial charge >= 0.3 is 0 Å². The van der Waals surface area contributed by atoms with E-state index in [0.29, 0.717) is 27.6 Å². The first-order valence-corrected chi connectivity index (χ1v) is 10.1. The van der Waals surface area contributed by atoms with Crippen LogP contribution in [0.25, 0.3) is 6.08 Å². The molecule has 0 aliphatic carbocycles. The van der Waals surface area contributed by atoms with Crippen LogP contribution < -0.4 is 14.4 Å². The van der Waals surface area contributed by atoms with Crippen LogP contribution in [-0.4, -0.2) is 19.9 Å². The third-order valence-corrected chi connectivity index (χ3v) is 5.41. The summed E-state index contributed by atoms with van der Waals surface area (Å²) >= 11 is 6.06. The largest absolute Gasteiger partial charge is 0.489 e. The van der Waals surface area contributed by atoms with Gasteiger partial charge in [-0.25, -0.2) is 4.39 Å². The normalized spacial score (nSPS) is 13.8. The molecule has 1 heterocycles. The van der Waals surface area contributed by atoms with E-state index in [9.17, 15) is 9.18 Å². The molecule has 4 nitrogen and oxygen atoms in total. The summed E-state index contributed by atoms with van der Waals surface area (Å²) in [5.41, 5.74) is 3.90. The molecule has 0 N–H and O–H groups in total. The number of carbonyl (C=O) groups is 1. The van der Waals surface area contributed by atoms with Gasteiger partial charge in [0.05, 0.1) is 10.6 Å². The van der Waals surface area contributed by atoms with Crippen molar-refractivity contribution in [3.63, 3.8) is 0 Å². The number of hydrogen-bond donors (Lipinski definition) is 0. The molecule has 0 aromatic heterocycles. The first-order valence-electron chi connectivity index (χ1n) is 9.75. The second-order valence-electron chi connectivity index (χ2n) is 7.56. The van der Waals surface area contributed by atoms with Crippen molar-refractivity contribution < 1.29 is 18.7 Å². The smallest absolute Gasteiger partial charge is 0.232 e. The molecule has 1 aliphatic rings. The third-order valence-electron chi connectivity index (χ3n) is 5.06. The SMILES string of the molecule is Cc1cc(OCc2ccc(F)cc2Cl)cc2c1C(=O)/C(=C/c1ccc(N(C)C)cc1)O2. The summed E-state index contributed by atoms with van der Waals surface area (Å²) in [6.45, 7) is 2.01. The van der Waals surface area contributed by atoms with Gasteiger partial charge < -0.3 is 14.4 Å². The van der Waals surface area contributed by atoms with E-state index >= 15 is 0 Å². The lowest BCUT2D eigenvalue weighted by Crippen LogP contribution is -2.08. The van der Waals surface area contributed by atoms with Crippen molar-refractivity contribution in [3.8, 4) is 11.5 Å². The molecule has 6 heteroatoms. The van der Waals surface area contributed by atoms with Gasteiger partial charge in [-0.3, -0.25) is 4.79 Å². The Bertz CT molecular complexity index is 1190. The van der Waals surface area contributed by atoms with Gasteiger partial charge in [0, 0.05) is 31.4 Å². The fourth-order valence-corrected chi connectivity index (χ4v) is 3.60. The molecule has 158 valence electrons. The predicted octanol–water partition coefficient (Wildman–Crippen LogP) is 6.05. The number of rotatable bonds is 5. The number of hydrogen-bond acceptors (Lipinski definition) is 4. The highest BCUT2D eigenvalue weighted by molar-refractivity contribution is 6.31. The Morgan fingerprint density at radius 3 is 2.52 bits per heavy atom. The van der Waals surface area contributed by atoms with Crippen LogP contribution in [0, 0.1) is 12.7 Å². The number of anilines is 1. The minimum atomic E-state index is -0.398. The van der Waals surface area contributed by atoms with Gasteiger partial charge in [0.15, 0.2) is 5.76 Å². The Morgan fingerprint density at radius 1 is 1.10 bits per heavy atom. The molecule has 4 rings (SSSR count). The summed E-state index contributed by atoms with van der Waals surface area (Å²) in [6.07, 6.45) is 1.74. The second-order valence-corrected chi connectivity index (χ2v) is 7.97. The van der Waals surface area contributed by atoms with Crippen LogP contribution in [0.15, 0.2) is 60.4 Å². The van der Waals surface area contributed by atoms with Gasteiger partial charge in [-0.15, -0.1) is 0 Å². The van der Waals surface area contributed by atoms with Gasteiger partial charge in [-0.05, 0) is 54.5 Å². The minimum absolute atomic E-state index is 0.155. The zero-order chi connectivity index (χ0) is 22.1. The van der Waals surface area contributed by atoms with Gasteiger partial charge in [0.1, 0.15) is 23.9 Å². The van der Waals surface area contributed by atoms with E-state index < -0.39 is 5.82 Å². The highest BCUT2D eigenvalue weighted by Gasteiger charge is 2.30. The highest BCUT2D eigenvalue weighted by atomic mass is 35.5. The maximum atomic E-state index is 13.2. The lowest BCUT2D eigenvalue weighted by atomic mass is 10.0. The van der Waals surface area contributed by atoms with E-state index in [1.165, 1.54) is 12.1 Å². The topological polar surface area (TPSA) is 38.8 Å². The number of Topliss-reactive ketones (excluding diaryl/α,β-unsaturated/α-hetero) is 1. The standard InChI is InChI=1S/C25H21ClFNO3/c1-15-10-20(30-14-17-6-7-18(27)12-21(17)26)13-22-24(15)25(29)23(31-22)11-16-4-8-19(9-5-16)28(2)3/h4-13H,14H2,1-3H3/b23-11-. The molecule has 0 unspecified atom stereocenters. The predicted molar refractivity (Wildman–Crippen MR) is 121 cm³/mol. The average Bonchev–Trinajstić information content (AvgIpc) is 3.03. The van der Waals surface area contributed by atoms with E-state index in [0.717, 1.165) is 16.8 Å². The first-order chi connectivity index (χ1) is 14.8. The molecular formula is C25H21ClFNO3. The molecular weight excluding hydrogens is 417 g/mol. The van der Waals surface area contributed by atoms with Crippen LogP contribution in [0.1, 0.15) is 27.0 Å². The summed E-state index contributed by atoms with van der Waals surface area (Å²) in [5.74, 6) is 0.721. The Hall–Kier alpha value is -3.31. The van der Waals surface area contributed by atoms with E-state index in [1.54, 1.807) is 24.3 Å². The van der Waals surface area contributed by atoms with Crippen molar-refractivity contribution in [3.05, 3.63) is 93.5 Å². The Kier molecular flexibility index (Phi) is 5.70. The number of benzene rings is 3. The number of ketones is 1. The number of halogens is 2. The minimum Gasteiger partial charge on any atom is -0.489 e. The monoisotopic (exact) mass is 437 g/mol. The highest BCUT2D eigenvalue weighted by Crippen LogP contribution is 2.38. The Balaban J connectivity index is 1.54. The van der Waals surface area contributed by atoms with Gasteiger partial charge in [0.25, 0.3) is 0 Å². The number of nitrogens with zero attached hydrogens (tertiary/aromatic N) is 1. The van der Waals surface area contributed by atoms with Crippen molar-refractivity contribution in [2.24, 2.45) is 0 Å². The van der Waals surface area contributed by atoms with Crippen molar-refractivity contribution >= 4 is 29.1 Å². The van der Waals surface area contributed by atoms with Gasteiger partial charge in [0.2, 0.25) is 5.78 Å². The summed E-state index contributed by atoms with van der Waals surface area (Å²) in [6, 6.07) is 15.5. The number of fused-ring (bicyclic) bond motifs is 1. The Labute approximate surface area is 185 Å². The maximum Gasteiger partial charge on any atom is 0.232 e. The van der Waals surface area contributed by atoms with E-state index in [-0.39, 0.29) is 18.1 Å². The molecule has 0 saturated carbocycles.